The normalized spacial score (nSPS) is 15.8. The summed E-state index contributed by atoms with van der Waals surface area (Å²) >= 11 is 0. The summed E-state index contributed by atoms with van der Waals surface area (Å²) in [5.74, 6) is -2.81. The molecular formula is C23H19F2N3O2. The summed E-state index contributed by atoms with van der Waals surface area (Å²) in [6, 6.07) is 13.6. The Morgan fingerprint density at radius 3 is 2.67 bits per heavy atom. The smallest absolute Gasteiger partial charge is 0.313 e. The predicted molar refractivity (Wildman–Crippen MR) is 108 cm³/mol. The highest BCUT2D eigenvalue weighted by Gasteiger charge is 2.35. The van der Waals surface area contributed by atoms with Gasteiger partial charge in [-0.1, -0.05) is 30.3 Å². The van der Waals surface area contributed by atoms with Crippen LogP contribution in [0, 0.1) is 11.6 Å². The molecule has 1 atom stereocenters. The molecular weight excluding hydrogens is 388 g/mol. The van der Waals surface area contributed by atoms with Gasteiger partial charge in [0.1, 0.15) is 11.6 Å². The average Bonchev–Trinajstić information content (AvgIpc) is 3.25. The van der Waals surface area contributed by atoms with E-state index in [4.69, 9.17) is 0 Å². The maximum absolute atomic E-state index is 14.2. The monoisotopic (exact) mass is 407 g/mol. The van der Waals surface area contributed by atoms with Gasteiger partial charge in [-0.3, -0.25) is 14.6 Å². The van der Waals surface area contributed by atoms with Crippen LogP contribution in [0.25, 0.3) is 11.1 Å². The van der Waals surface area contributed by atoms with Crippen LogP contribution < -0.4 is 5.32 Å². The molecule has 2 aromatic carbocycles. The third-order valence-electron chi connectivity index (χ3n) is 5.18. The summed E-state index contributed by atoms with van der Waals surface area (Å²) in [5.41, 5.74) is 2.07. The molecule has 0 radical (unpaired) electrons. The van der Waals surface area contributed by atoms with E-state index >= 15 is 0 Å². The summed E-state index contributed by atoms with van der Waals surface area (Å²) in [6.45, 7) is 0.297. The maximum atomic E-state index is 14.2. The van der Waals surface area contributed by atoms with E-state index in [1.165, 1.54) is 11.1 Å². The van der Waals surface area contributed by atoms with E-state index in [-0.39, 0.29) is 5.56 Å². The molecule has 0 aliphatic carbocycles. The van der Waals surface area contributed by atoms with Crippen LogP contribution in [-0.4, -0.2) is 28.2 Å². The van der Waals surface area contributed by atoms with Crippen LogP contribution in [0.3, 0.4) is 0 Å². The molecule has 0 saturated carbocycles. The zero-order valence-electron chi connectivity index (χ0n) is 16.0. The molecule has 2 heterocycles. The van der Waals surface area contributed by atoms with Crippen molar-refractivity contribution in [2.45, 2.75) is 18.9 Å². The molecule has 0 bridgehead atoms. The second kappa shape index (κ2) is 8.41. The van der Waals surface area contributed by atoms with Gasteiger partial charge in [-0.15, -0.1) is 0 Å². The molecule has 2 amide bonds. The van der Waals surface area contributed by atoms with Crippen molar-refractivity contribution in [1.29, 1.82) is 0 Å². The number of rotatable bonds is 3. The van der Waals surface area contributed by atoms with E-state index in [0.29, 0.717) is 25.1 Å². The van der Waals surface area contributed by atoms with E-state index in [9.17, 15) is 18.4 Å². The van der Waals surface area contributed by atoms with E-state index in [1.807, 2.05) is 30.3 Å². The molecule has 1 unspecified atom stereocenters. The number of aromatic nitrogens is 1. The lowest BCUT2D eigenvalue weighted by Gasteiger charge is -2.25. The minimum absolute atomic E-state index is 0.0833. The minimum Gasteiger partial charge on any atom is -0.327 e. The van der Waals surface area contributed by atoms with Gasteiger partial charge in [0.2, 0.25) is 0 Å². The molecule has 30 heavy (non-hydrogen) atoms. The number of anilines is 1. The van der Waals surface area contributed by atoms with Gasteiger partial charge in [0.15, 0.2) is 0 Å². The molecule has 1 aliphatic heterocycles. The lowest BCUT2D eigenvalue weighted by molar-refractivity contribution is -0.143. The van der Waals surface area contributed by atoms with Crippen molar-refractivity contribution >= 4 is 17.5 Å². The van der Waals surface area contributed by atoms with Gasteiger partial charge >= 0.3 is 11.8 Å². The Bertz CT molecular complexity index is 1090. The van der Waals surface area contributed by atoms with Crippen molar-refractivity contribution in [1.82, 2.24) is 9.88 Å². The standard InChI is InChI=1S/C23H19F2N3O2/c24-16-8-9-19(25)18(13-16)21-7-4-12-28(21)23(30)22(29)27-20-14-26-11-10-17(20)15-5-2-1-3-6-15/h1-3,5-6,8-11,13-14,21H,4,7,12H2,(H,27,29). The van der Waals surface area contributed by atoms with Gasteiger partial charge in [0.05, 0.1) is 17.9 Å². The highest BCUT2D eigenvalue weighted by atomic mass is 19.1. The molecule has 1 N–H and O–H groups in total. The fraction of sp³-hybridized carbons (Fsp3) is 0.174. The fourth-order valence-electron chi connectivity index (χ4n) is 3.77. The molecule has 5 nitrogen and oxygen atoms in total. The summed E-state index contributed by atoms with van der Waals surface area (Å²) in [7, 11) is 0. The number of amides is 2. The van der Waals surface area contributed by atoms with Crippen molar-refractivity contribution in [3.63, 3.8) is 0 Å². The van der Waals surface area contributed by atoms with Crippen molar-refractivity contribution in [3.8, 4) is 11.1 Å². The SMILES string of the molecule is O=C(Nc1cnccc1-c1ccccc1)C(=O)N1CCCC1c1cc(F)ccc1F. The van der Waals surface area contributed by atoms with Crippen molar-refractivity contribution in [2.24, 2.45) is 0 Å². The van der Waals surface area contributed by atoms with E-state index < -0.39 is 29.5 Å². The van der Waals surface area contributed by atoms with Crippen LogP contribution in [-0.2, 0) is 9.59 Å². The van der Waals surface area contributed by atoms with Gasteiger partial charge in [-0.25, -0.2) is 8.78 Å². The molecule has 1 fully saturated rings. The van der Waals surface area contributed by atoms with Gasteiger partial charge in [0.25, 0.3) is 0 Å². The Labute approximate surface area is 172 Å². The number of likely N-dealkylation sites (tertiary alicyclic amines) is 1. The predicted octanol–water partition coefficient (Wildman–Crippen LogP) is 4.33. The number of carbonyl (C=O) groups is 2. The first-order chi connectivity index (χ1) is 14.5. The van der Waals surface area contributed by atoms with E-state index in [0.717, 1.165) is 29.3 Å². The zero-order valence-corrected chi connectivity index (χ0v) is 16.0. The molecule has 0 spiro atoms. The number of hydrogen-bond acceptors (Lipinski definition) is 3. The number of halogens is 2. The van der Waals surface area contributed by atoms with Crippen molar-refractivity contribution < 1.29 is 18.4 Å². The summed E-state index contributed by atoms with van der Waals surface area (Å²) in [5, 5.41) is 2.62. The maximum Gasteiger partial charge on any atom is 0.313 e. The molecule has 3 aromatic rings. The van der Waals surface area contributed by atoms with E-state index in [1.54, 1.807) is 12.3 Å². The minimum atomic E-state index is -0.844. The third-order valence-corrected chi connectivity index (χ3v) is 5.18. The topological polar surface area (TPSA) is 62.3 Å². The summed E-state index contributed by atoms with van der Waals surface area (Å²) in [4.78, 5) is 30.9. The molecule has 7 heteroatoms. The van der Waals surface area contributed by atoms with Crippen molar-refractivity contribution in [3.05, 3.63) is 84.2 Å². The number of carbonyl (C=O) groups excluding carboxylic acids is 2. The molecule has 1 saturated heterocycles. The van der Waals surface area contributed by atoms with Gasteiger partial charge in [-0.2, -0.15) is 0 Å². The zero-order chi connectivity index (χ0) is 21.1. The summed E-state index contributed by atoms with van der Waals surface area (Å²) in [6.07, 6.45) is 4.13. The Hall–Kier alpha value is -3.61. The molecule has 152 valence electrons. The van der Waals surface area contributed by atoms with Crippen LogP contribution in [0.15, 0.2) is 67.0 Å². The summed E-state index contributed by atoms with van der Waals surface area (Å²) < 4.78 is 27.9. The Balaban J connectivity index is 1.56. The van der Waals surface area contributed by atoms with Crippen LogP contribution in [0.1, 0.15) is 24.4 Å². The van der Waals surface area contributed by atoms with Gasteiger partial charge in [0, 0.05) is 23.9 Å². The second-order valence-corrected chi connectivity index (χ2v) is 7.06. The largest absolute Gasteiger partial charge is 0.327 e. The van der Waals surface area contributed by atoms with Crippen LogP contribution in [0.2, 0.25) is 0 Å². The van der Waals surface area contributed by atoms with Gasteiger partial charge in [-0.05, 0) is 42.7 Å². The quantitative estimate of drug-likeness (QED) is 0.658. The molecule has 1 aliphatic rings. The first kappa shape index (κ1) is 19.7. The third kappa shape index (κ3) is 3.91. The highest BCUT2D eigenvalue weighted by molar-refractivity contribution is 6.40. The molecule has 1 aromatic heterocycles. The Morgan fingerprint density at radius 2 is 1.87 bits per heavy atom. The number of nitrogens with zero attached hydrogens (tertiary/aromatic N) is 2. The van der Waals surface area contributed by atoms with Crippen LogP contribution in [0.5, 0.6) is 0 Å². The van der Waals surface area contributed by atoms with Gasteiger partial charge < -0.3 is 10.2 Å². The lowest BCUT2D eigenvalue weighted by Crippen LogP contribution is -2.39. The Morgan fingerprint density at radius 1 is 1.07 bits per heavy atom. The Kier molecular flexibility index (Phi) is 5.52. The number of nitrogens with one attached hydrogen (secondary N) is 1. The fourth-order valence-corrected chi connectivity index (χ4v) is 3.77. The second-order valence-electron chi connectivity index (χ2n) is 7.06. The molecule has 4 rings (SSSR count). The highest BCUT2D eigenvalue weighted by Crippen LogP contribution is 2.34. The number of pyridine rings is 1. The van der Waals surface area contributed by atoms with Crippen LogP contribution in [0.4, 0.5) is 14.5 Å². The van der Waals surface area contributed by atoms with Crippen LogP contribution >= 0.6 is 0 Å². The van der Waals surface area contributed by atoms with E-state index in [2.05, 4.69) is 10.3 Å². The lowest BCUT2D eigenvalue weighted by atomic mass is 10.0. The first-order valence-corrected chi connectivity index (χ1v) is 9.61. The first-order valence-electron chi connectivity index (χ1n) is 9.61. The number of benzene rings is 2. The average molecular weight is 407 g/mol. The van der Waals surface area contributed by atoms with Crippen molar-refractivity contribution in [2.75, 3.05) is 11.9 Å². The number of hydrogen-bond donors (Lipinski definition) is 1.